The Hall–Kier alpha value is -2.66. The van der Waals surface area contributed by atoms with Gasteiger partial charge in [0.2, 0.25) is 5.91 Å². The number of rotatable bonds is 7. The molecule has 0 aliphatic rings. The van der Waals surface area contributed by atoms with Crippen LogP contribution in [0.3, 0.4) is 0 Å². The molecule has 0 aliphatic carbocycles. The van der Waals surface area contributed by atoms with E-state index in [0.717, 1.165) is 6.42 Å². The lowest BCUT2D eigenvalue weighted by Gasteiger charge is -2.07. The molecule has 0 bridgehead atoms. The molecule has 5 nitrogen and oxygen atoms in total. The number of benzene rings is 2. The van der Waals surface area contributed by atoms with Crippen LogP contribution in [0.4, 0.5) is 5.69 Å². The lowest BCUT2D eigenvalue weighted by Crippen LogP contribution is -2.14. The number of amides is 1. The quantitative estimate of drug-likeness (QED) is 0.596. The van der Waals surface area contributed by atoms with Gasteiger partial charge in [0.05, 0.1) is 5.56 Å². The molecule has 0 unspecified atom stereocenters. The smallest absolute Gasteiger partial charge is 0.338 e. The van der Waals surface area contributed by atoms with Crippen LogP contribution >= 0.6 is 11.6 Å². The van der Waals surface area contributed by atoms with Crippen molar-refractivity contribution in [2.24, 2.45) is 0 Å². The van der Waals surface area contributed by atoms with Gasteiger partial charge >= 0.3 is 5.97 Å². The summed E-state index contributed by atoms with van der Waals surface area (Å²) in [6.45, 7) is 1.55. The number of Topliss-reactive ketones (excluding diaryl/α,β-unsaturated/α-hetero) is 1. The molecule has 0 fully saturated rings. The van der Waals surface area contributed by atoms with Crippen LogP contribution in [0.5, 0.6) is 0 Å². The third-order valence-corrected chi connectivity index (χ3v) is 3.60. The highest BCUT2D eigenvalue weighted by Gasteiger charge is 2.12. The molecule has 1 N–H and O–H groups in total. The number of anilines is 1. The largest absolute Gasteiger partial charge is 0.454 e. The van der Waals surface area contributed by atoms with Gasteiger partial charge in [-0.1, -0.05) is 24.6 Å². The minimum atomic E-state index is -0.612. The van der Waals surface area contributed by atoms with Crippen molar-refractivity contribution >= 4 is 34.9 Å². The molecule has 0 heterocycles. The Kier molecular flexibility index (Phi) is 6.71. The van der Waals surface area contributed by atoms with Crippen LogP contribution in [0.15, 0.2) is 48.5 Å². The molecule has 2 aromatic carbocycles. The highest BCUT2D eigenvalue weighted by atomic mass is 35.5. The summed E-state index contributed by atoms with van der Waals surface area (Å²) in [5, 5.41) is 3.16. The number of ether oxygens (including phenoxy) is 1. The number of halogens is 1. The van der Waals surface area contributed by atoms with E-state index in [4.69, 9.17) is 16.3 Å². The fraction of sp³-hybridized carbons (Fsp3) is 0.211. The van der Waals surface area contributed by atoms with Gasteiger partial charge in [-0.2, -0.15) is 0 Å². The summed E-state index contributed by atoms with van der Waals surface area (Å²) in [5.41, 5.74) is 1.30. The van der Waals surface area contributed by atoms with Gasteiger partial charge in [-0.15, -0.1) is 0 Å². The Bertz CT molecular complexity index is 771. The summed E-state index contributed by atoms with van der Waals surface area (Å²) in [6.07, 6.45) is 1.21. The van der Waals surface area contributed by atoms with Gasteiger partial charge < -0.3 is 10.1 Å². The van der Waals surface area contributed by atoms with Crippen LogP contribution < -0.4 is 5.32 Å². The van der Waals surface area contributed by atoms with Crippen LogP contribution in [-0.4, -0.2) is 24.3 Å². The van der Waals surface area contributed by atoms with Crippen molar-refractivity contribution < 1.29 is 19.1 Å². The number of ketones is 1. The average molecular weight is 360 g/mol. The second-order valence-corrected chi connectivity index (χ2v) is 5.82. The van der Waals surface area contributed by atoms with E-state index in [0.29, 0.717) is 22.7 Å². The van der Waals surface area contributed by atoms with Crippen molar-refractivity contribution in [2.45, 2.75) is 19.8 Å². The Morgan fingerprint density at radius 3 is 2.40 bits per heavy atom. The highest BCUT2D eigenvalue weighted by molar-refractivity contribution is 6.30. The molecule has 25 heavy (non-hydrogen) atoms. The number of hydrogen-bond acceptors (Lipinski definition) is 4. The van der Waals surface area contributed by atoms with Crippen molar-refractivity contribution in [3.05, 3.63) is 64.7 Å². The number of carbonyl (C=O) groups excluding carboxylic acids is 3. The zero-order chi connectivity index (χ0) is 18.2. The Labute approximate surface area is 150 Å². The summed E-state index contributed by atoms with van der Waals surface area (Å²) < 4.78 is 5.01. The van der Waals surface area contributed by atoms with Crippen molar-refractivity contribution in [3.63, 3.8) is 0 Å². The molecule has 0 atom stereocenters. The molecule has 0 saturated carbocycles. The molecule has 0 aromatic heterocycles. The SMILES string of the molecule is CCCC(=O)Nc1ccc(C(=O)COC(=O)c2cccc(Cl)c2)cc1. The van der Waals surface area contributed by atoms with E-state index in [1.807, 2.05) is 6.92 Å². The zero-order valence-electron chi connectivity index (χ0n) is 13.8. The monoisotopic (exact) mass is 359 g/mol. The molecule has 6 heteroatoms. The lowest BCUT2D eigenvalue weighted by molar-refractivity contribution is -0.116. The summed E-state index contributed by atoms with van der Waals surface area (Å²) in [6, 6.07) is 12.7. The van der Waals surface area contributed by atoms with Crippen molar-refractivity contribution in [1.82, 2.24) is 0 Å². The minimum Gasteiger partial charge on any atom is -0.454 e. The molecule has 0 spiro atoms. The number of nitrogens with one attached hydrogen (secondary N) is 1. The highest BCUT2D eigenvalue weighted by Crippen LogP contribution is 2.13. The third kappa shape index (κ3) is 5.72. The van der Waals surface area contributed by atoms with Crippen molar-refractivity contribution in [1.29, 1.82) is 0 Å². The molecule has 130 valence electrons. The molecule has 2 aromatic rings. The maximum atomic E-state index is 12.1. The van der Waals surface area contributed by atoms with Gasteiger partial charge in [0, 0.05) is 22.7 Å². The summed E-state index contributed by atoms with van der Waals surface area (Å²) >= 11 is 5.81. The molecule has 2 rings (SSSR count). The van der Waals surface area contributed by atoms with E-state index >= 15 is 0 Å². The summed E-state index contributed by atoms with van der Waals surface area (Å²) in [4.78, 5) is 35.5. The molecule has 0 saturated heterocycles. The van der Waals surface area contributed by atoms with Gasteiger partial charge in [-0.3, -0.25) is 9.59 Å². The average Bonchev–Trinajstić information content (AvgIpc) is 2.60. The first kappa shape index (κ1) is 18.7. The van der Waals surface area contributed by atoms with E-state index in [2.05, 4.69) is 5.32 Å². The molecule has 0 aliphatic heterocycles. The van der Waals surface area contributed by atoms with Crippen LogP contribution in [0.25, 0.3) is 0 Å². The van der Waals surface area contributed by atoms with Gasteiger partial charge in [0.25, 0.3) is 0 Å². The zero-order valence-corrected chi connectivity index (χ0v) is 14.5. The van der Waals surface area contributed by atoms with Crippen LogP contribution in [-0.2, 0) is 9.53 Å². The van der Waals surface area contributed by atoms with E-state index < -0.39 is 5.97 Å². The normalized spacial score (nSPS) is 10.2. The van der Waals surface area contributed by atoms with Crippen LogP contribution in [0, 0.1) is 0 Å². The molecule has 1 amide bonds. The number of hydrogen-bond donors (Lipinski definition) is 1. The Morgan fingerprint density at radius 1 is 1.04 bits per heavy atom. The van der Waals surface area contributed by atoms with Gasteiger partial charge in [-0.05, 0) is 48.9 Å². The first-order valence-electron chi connectivity index (χ1n) is 7.85. The second-order valence-electron chi connectivity index (χ2n) is 5.39. The predicted octanol–water partition coefficient (Wildman–Crippen LogP) is 4.12. The number of esters is 1. The maximum Gasteiger partial charge on any atom is 0.338 e. The van der Waals surface area contributed by atoms with Gasteiger partial charge in [0.15, 0.2) is 12.4 Å². The third-order valence-electron chi connectivity index (χ3n) is 3.36. The van der Waals surface area contributed by atoms with E-state index in [1.54, 1.807) is 42.5 Å². The molecular formula is C19H18ClNO4. The predicted molar refractivity (Wildman–Crippen MR) is 96.0 cm³/mol. The van der Waals surface area contributed by atoms with Gasteiger partial charge in [-0.25, -0.2) is 4.79 Å². The van der Waals surface area contributed by atoms with Crippen molar-refractivity contribution in [2.75, 3.05) is 11.9 Å². The first-order chi connectivity index (χ1) is 12.0. The fourth-order valence-corrected chi connectivity index (χ4v) is 2.29. The summed E-state index contributed by atoms with van der Waals surface area (Å²) in [5.74, 6) is -1.02. The first-order valence-corrected chi connectivity index (χ1v) is 8.23. The molecule has 0 radical (unpaired) electrons. The van der Waals surface area contributed by atoms with E-state index in [1.165, 1.54) is 6.07 Å². The Morgan fingerprint density at radius 2 is 1.76 bits per heavy atom. The second kappa shape index (κ2) is 8.99. The Balaban J connectivity index is 1.90. The van der Waals surface area contributed by atoms with Crippen LogP contribution in [0.1, 0.15) is 40.5 Å². The fourth-order valence-electron chi connectivity index (χ4n) is 2.10. The van der Waals surface area contributed by atoms with E-state index in [9.17, 15) is 14.4 Å². The summed E-state index contributed by atoms with van der Waals surface area (Å²) in [7, 11) is 0. The number of carbonyl (C=O) groups is 3. The van der Waals surface area contributed by atoms with Crippen LogP contribution in [0.2, 0.25) is 5.02 Å². The van der Waals surface area contributed by atoms with Crippen molar-refractivity contribution in [3.8, 4) is 0 Å². The topological polar surface area (TPSA) is 72.5 Å². The lowest BCUT2D eigenvalue weighted by atomic mass is 10.1. The standard InChI is InChI=1S/C19H18ClNO4/c1-2-4-18(23)21-16-9-7-13(8-10-16)17(22)12-25-19(24)14-5-3-6-15(20)11-14/h3,5-11H,2,4,12H2,1H3,(H,21,23). The van der Waals surface area contributed by atoms with Gasteiger partial charge in [0.1, 0.15) is 0 Å². The maximum absolute atomic E-state index is 12.1. The van der Waals surface area contributed by atoms with E-state index in [-0.39, 0.29) is 23.9 Å². The molecular weight excluding hydrogens is 342 g/mol. The minimum absolute atomic E-state index is 0.0722.